The van der Waals surface area contributed by atoms with Crippen molar-refractivity contribution in [3.05, 3.63) is 23.9 Å². The summed E-state index contributed by atoms with van der Waals surface area (Å²) in [7, 11) is 1.68. The van der Waals surface area contributed by atoms with E-state index >= 15 is 0 Å². The van der Waals surface area contributed by atoms with Crippen LogP contribution >= 0.6 is 0 Å². The minimum atomic E-state index is -5.08. The Kier molecular flexibility index (Phi) is 11.9. The Hall–Kier alpha value is -2.65. The number of aliphatic carboxylic acids is 2. The molecule has 2 N–H and O–H groups in total. The molecule has 9 nitrogen and oxygen atoms in total. The van der Waals surface area contributed by atoms with Crippen molar-refractivity contribution in [2.45, 2.75) is 56.8 Å². The van der Waals surface area contributed by atoms with E-state index in [1.807, 2.05) is 6.07 Å². The fourth-order valence-electron chi connectivity index (χ4n) is 3.58. The zero-order valence-electron chi connectivity index (χ0n) is 19.6. The van der Waals surface area contributed by atoms with Gasteiger partial charge < -0.3 is 24.4 Å². The number of hydrogen-bond acceptors (Lipinski definition) is 7. The standard InChI is InChI=1S/C17H26N2O3.2C2HF3O2/c1-3-21-15-11-17(22-13-15)6-9-19(10-7-17)12-14-5-4-8-18-16(14)20-2;2*3-2(4,5)1(6)7/h4-5,8,15H,3,6-7,9-13H2,1-2H3;2*(H,6,7). The lowest BCUT2D eigenvalue weighted by Crippen LogP contribution is -2.44. The summed E-state index contributed by atoms with van der Waals surface area (Å²) < 4.78 is 80.6. The molecular formula is C21H28F6N2O7. The average Bonchev–Trinajstić information content (AvgIpc) is 3.18. The SMILES string of the molecule is CCOC1COC2(CCN(Cc3cccnc3OC)CC2)C1.O=C(O)C(F)(F)F.O=C(O)C(F)(F)F. The number of likely N-dealkylation sites (tertiary alicyclic amines) is 1. The van der Waals surface area contributed by atoms with Crippen LogP contribution in [0.5, 0.6) is 5.88 Å². The minimum absolute atomic E-state index is 0.0510. The highest BCUT2D eigenvalue weighted by molar-refractivity contribution is 5.73. The third-order valence-electron chi connectivity index (χ3n) is 5.27. The van der Waals surface area contributed by atoms with Gasteiger partial charge in [0.15, 0.2) is 0 Å². The van der Waals surface area contributed by atoms with E-state index in [-0.39, 0.29) is 11.7 Å². The molecule has 3 heterocycles. The van der Waals surface area contributed by atoms with E-state index in [1.165, 1.54) is 0 Å². The molecule has 3 rings (SSSR count). The molecule has 0 radical (unpaired) electrons. The van der Waals surface area contributed by atoms with Gasteiger partial charge >= 0.3 is 24.3 Å². The summed E-state index contributed by atoms with van der Waals surface area (Å²) in [5.74, 6) is -4.78. The summed E-state index contributed by atoms with van der Waals surface area (Å²) in [6, 6.07) is 4.06. The fraction of sp³-hybridized carbons (Fsp3) is 0.667. The lowest BCUT2D eigenvalue weighted by atomic mass is 9.88. The molecule has 1 aromatic rings. The first-order chi connectivity index (χ1) is 16.6. The van der Waals surface area contributed by atoms with Crippen molar-refractivity contribution < 1.29 is 60.4 Å². The maximum Gasteiger partial charge on any atom is 0.490 e. The van der Waals surface area contributed by atoms with Crippen molar-refractivity contribution in [3.8, 4) is 5.88 Å². The number of nitrogens with zero attached hydrogens (tertiary/aromatic N) is 2. The van der Waals surface area contributed by atoms with Gasteiger partial charge in [-0.1, -0.05) is 6.07 Å². The van der Waals surface area contributed by atoms with E-state index in [1.54, 1.807) is 13.3 Å². The Bertz CT molecular complexity index is 819. The largest absolute Gasteiger partial charge is 0.490 e. The molecular weight excluding hydrogens is 506 g/mol. The Morgan fingerprint density at radius 2 is 1.67 bits per heavy atom. The predicted molar refractivity (Wildman–Crippen MR) is 111 cm³/mol. The van der Waals surface area contributed by atoms with Crippen LogP contribution in [0.25, 0.3) is 0 Å². The number of methoxy groups -OCH3 is 1. The number of halogens is 6. The van der Waals surface area contributed by atoms with Gasteiger partial charge in [0.1, 0.15) is 0 Å². The van der Waals surface area contributed by atoms with Gasteiger partial charge in [0.2, 0.25) is 5.88 Å². The maximum atomic E-state index is 10.6. The highest BCUT2D eigenvalue weighted by atomic mass is 19.4. The van der Waals surface area contributed by atoms with Crippen LogP contribution in [-0.4, -0.2) is 89.5 Å². The lowest BCUT2D eigenvalue weighted by Gasteiger charge is -2.38. The Balaban J connectivity index is 0.000000383. The molecule has 2 aliphatic rings. The molecule has 1 spiro atoms. The number of rotatable bonds is 5. The predicted octanol–water partition coefficient (Wildman–Crippen LogP) is 3.52. The van der Waals surface area contributed by atoms with Crippen molar-refractivity contribution in [2.75, 3.05) is 33.4 Å². The number of carboxylic acids is 2. The molecule has 36 heavy (non-hydrogen) atoms. The molecule has 1 unspecified atom stereocenters. The molecule has 0 aromatic carbocycles. The molecule has 15 heteroatoms. The molecule has 2 fully saturated rings. The number of carbonyl (C=O) groups is 2. The molecule has 2 aliphatic heterocycles. The van der Waals surface area contributed by atoms with Crippen molar-refractivity contribution in [1.82, 2.24) is 9.88 Å². The van der Waals surface area contributed by atoms with Gasteiger partial charge in [-0.25, -0.2) is 14.6 Å². The highest BCUT2D eigenvalue weighted by Gasteiger charge is 2.43. The lowest BCUT2D eigenvalue weighted by molar-refractivity contribution is -0.193. The third-order valence-corrected chi connectivity index (χ3v) is 5.27. The monoisotopic (exact) mass is 534 g/mol. The van der Waals surface area contributed by atoms with Crippen LogP contribution in [-0.2, 0) is 25.6 Å². The summed E-state index contributed by atoms with van der Waals surface area (Å²) in [4.78, 5) is 24.5. The number of aromatic nitrogens is 1. The molecule has 0 saturated carbocycles. The second kappa shape index (κ2) is 13.6. The highest BCUT2D eigenvalue weighted by Crippen LogP contribution is 2.37. The zero-order valence-corrected chi connectivity index (χ0v) is 19.6. The van der Waals surface area contributed by atoms with Crippen LogP contribution in [0.4, 0.5) is 26.3 Å². The van der Waals surface area contributed by atoms with Crippen molar-refractivity contribution in [3.63, 3.8) is 0 Å². The first-order valence-electron chi connectivity index (χ1n) is 10.7. The zero-order chi connectivity index (χ0) is 27.6. The quantitative estimate of drug-likeness (QED) is 0.547. The van der Waals surface area contributed by atoms with Crippen LogP contribution in [0.15, 0.2) is 18.3 Å². The summed E-state index contributed by atoms with van der Waals surface area (Å²) in [6.45, 7) is 6.58. The van der Waals surface area contributed by atoms with Crippen LogP contribution in [0.2, 0.25) is 0 Å². The average molecular weight is 534 g/mol. The molecule has 0 amide bonds. The molecule has 1 aromatic heterocycles. The molecule has 0 bridgehead atoms. The van der Waals surface area contributed by atoms with Gasteiger partial charge in [-0.3, -0.25) is 4.90 Å². The Labute approximate surface area is 202 Å². The smallest absolute Gasteiger partial charge is 0.481 e. The summed E-state index contributed by atoms with van der Waals surface area (Å²) in [5.41, 5.74) is 1.20. The third kappa shape index (κ3) is 10.5. The van der Waals surface area contributed by atoms with Gasteiger partial charge in [-0.05, 0) is 25.8 Å². The summed E-state index contributed by atoms with van der Waals surface area (Å²) >= 11 is 0. The summed E-state index contributed by atoms with van der Waals surface area (Å²) in [5, 5.41) is 14.2. The second-order valence-corrected chi connectivity index (χ2v) is 7.83. The van der Waals surface area contributed by atoms with E-state index in [0.717, 1.165) is 63.6 Å². The topological polar surface area (TPSA) is 118 Å². The van der Waals surface area contributed by atoms with E-state index < -0.39 is 24.3 Å². The first kappa shape index (κ1) is 31.4. The van der Waals surface area contributed by atoms with Gasteiger partial charge in [0.05, 0.1) is 25.4 Å². The number of pyridine rings is 1. The molecule has 206 valence electrons. The van der Waals surface area contributed by atoms with E-state index in [9.17, 15) is 26.3 Å². The number of carboxylic acid groups (broad SMARTS) is 2. The van der Waals surface area contributed by atoms with Crippen molar-refractivity contribution >= 4 is 11.9 Å². The van der Waals surface area contributed by atoms with Crippen LogP contribution < -0.4 is 4.74 Å². The number of alkyl halides is 6. The number of ether oxygens (including phenoxy) is 3. The minimum Gasteiger partial charge on any atom is -0.481 e. The first-order valence-corrected chi connectivity index (χ1v) is 10.7. The van der Waals surface area contributed by atoms with Gasteiger partial charge in [0, 0.05) is 44.4 Å². The van der Waals surface area contributed by atoms with Crippen LogP contribution in [0.1, 0.15) is 31.7 Å². The maximum absolute atomic E-state index is 10.6. The molecule has 1 atom stereocenters. The van der Waals surface area contributed by atoms with Crippen LogP contribution in [0, 0.1) is 0 Å². The number of piperidine rings is 1. The second-order valence-electron chi connectivity index (χ2n) is 7.83. The normalized spacial score (nSPS) is 19.5. The van der Waals surface area contributed by atoms with E-state index in [0.29, 0.717) is 0 Å². The van der Waals surface area contributed by atoms with Gasteiger partial charge in [-0.15, -0.1) is 0 Å². The summed E-state index contributed by atoms with van der Waals surface area (Å²) in [6.07, 6.45) is -4.90. The van der Waals surface area contributed by atoms with E-state index in [2.05, 4.69) is 22.9 Å². The Morgan fingerprint density at radius 3 is 2.11 bits per heavy atom. The molecule has 2 saturated heterocycles. The van der Waals surface area contributed by atoms with Crippen molar-refractivity contribution in [2.24, 2.45) is 0 Å². The molecule has 0 aliphatic carbocycles. The van der Waals surface area contributed by atoms with E-state index in [4.69, 9.17) is 34.0 Å². The Morgan fingerprint density at radius 1 is 1.14 bits per heavy atom. The van der Waals surface area contributed by atoms with Gasteiger partial charge in [-0.2, -0.15) is 26.3 Å². The van der Waals surface area contributed by atoms with Gasteiger partial charge in [0.25, 0.3) is 0 Å². The number of hydrogen-bond donors (Lipinski definition) is 2. The fourth-order valence-corrected chi connectivity index (χ4v) is 3.58. The van der Waals surface area contributed by atoms with Crippen LogP contribution in [0.3, 0.4) is 0 Å². The van der Waals surface area contributed by atoms with Crippen molar-refractivity contribution in [1.29, 1.82) is 0 Å².